The van der Waals surface area contributed by atoms with Gasteiger partial charge >= 0.3 is 0 Å². The number of thioether (sulfide) groups is 1. The van der Waals surface area contributed by atoms with E-state index in [-0.39, 0.29) is 23.6 Å². The zero-order valence-corrected chi connectivity index (χ0v) is 15.1. The van der Waals surface area contributed by atoms with Gasteiger partial charge in [-0.25, -0.2) is 8.78 Å². The van der Waals surface area contributed by atoms with Crippen LogP contribution in [-0.4, -0.2) is 32.3 Å². The third-order valence-corrected chi connectivity index (χ3v) is 4.68. The molecule has 140 valence electrons. The first kappa shape index (κ1) is 19.8. The SMILES string of the molecule is C[C@H](NC(=O)CSc1nnc(CCC(N)=O)n1C)c1ccc(F)cc1F. The van der Waals surface area contributed by atoms with Crippen LogP contribution in [0, 0.1) is 11.6 Å². The Kier molecular flexibility index (Phi) is 6.67. The van der Waals surface area contributed by atoms with Gasteiger partial charge in [0.05, 0.1) is 11.8 Å². The fraction of sp³-hybridized carbons (Fsp3) is 0.375. The highest BCUT2D eigenvalue weighted by Crippen LogP contribution is 2.19. The minimum Gasteiger partial charge on any atom is -0.370 e. The standard InChI is InChI=1S/C16H19F2N5O2S/c1-9(11-4-3-10(17)7-12(11)18)20-15(25)8-26-16-22-21-14(23(16)2)6-5-13(19)24/h3-4,7,9H,5-6,8H2,1-2H3,(H2,19,24)(H,20,25)/t9-/m0/s1. The van der Waals surface area contributed by atoms with Gasteiger partial charge in [0.25, 0.3) is 0 Å². The Morgan fingerprint density at radius 2 is 2.08 bits per heavy atom. The summed E-state index contributed by atoms with van der Waals surface area (Å²) in [5.74, 6) is -1.49. The van der Waals surface area contributed by atoms with Crippen molar-refractivity contribution in [3.05, 3.63) is 41.2 Å². The number of aryl methyl sites for hydroxylation is 1. The summed E-state index contributed by atoms with van der Waals surface area (Å²) in [4.78, 5) is 22.9. The Bertz CT molecular complexity index is 812. The summed E-state index contributed by atoms with van der Waals surface area (Å²) >= 11 is 1.16. The van der Waals surface area contributed by atoms with E-state index in [4.69, 9.17) is 5.73 Å². The minimum atomic E-state index is -0.710. The highest BCUT2D eigenvalue weighted by atomic mass is 32.2. The monoisotopic (exact) mass is 383 g/mol. The molecule has 0 bridgehead atoms. The molecule has 0 radical (unpaired) electrons. The predicted octanol–water partition coefficient (Wildman–Crippen LogP) is 1.48. The van der Waals surface area contributed by atoms with Crippen LogP contribution < -0.4 is 11.1 Å². The van der Waals surface area contributed by atoms with Crippen molar-refractivity contribution in [2.24, 2.45) is 12.8 Å². The van der Waals surface area contributed by atoms with Crippen LogP contribution in [0.4, 0.5) is 8.78 Å². The lowest BCUT2D eigenvalue weighted by molar-refractivity contribution is -0.119. The summed E-state index contributed by atoms with van der Waals surface area (Å²) in [5, 5.41) is 11.1. The number of hydrogen-bond acceptors (Lipinski definition) is 5. The summed E-state index contributed by atoms with van der Waals surface area (Å²) in [5.41, 5.74) is 5.31. The number of nitrogens with zero attached hydrogens (tertiary/aromatic N) is 3. The van der Waals surface area contributed by atoms with Crippen molar-refractivity contribution in [3.63, 3.8) is 0 Å². The highest BCUT2D eigenvalue weighted by Gasteiger charge is 2.16. The van der Waals surface area contributed by atoms with Gasteiger partial charge in [-0.2, -0.15) is 0 Å². The Hall–Kier alpha value is -2.49. The lowest BCUT2D eigenvalue weighted by Gasteiger charge is -2.15. The van der Waals surface area contributed by atoms with Gasteiger partial charge in [0.1, 0.15) is 17.5 Å². The number of amides is 2. The molecule has 1 heterocycles. The van der Waals surface area contributed by atoms with Crippen molar-refractivity contribution in [2.75, 3.05) is 5.75 Å². The number of primary amides is 1. The van der Waals surface area contributed by atoms with Crippen molar-refractivity contribution >= 4 is 23.6 Å². The van der Waals surface area contributed by atoms with Gasteiger partial charge in [-0.1, -0.05) is 17.8 Å². The maximum Gasteiger partial charge on any atom is 0.230 e. The van der Waals surface area contributed by atoms with Crippen LogP contribution in [0.3, 0.4) is 0 Å². The Morgan fingerprint density at radius 3 is 2.73 bits per heavy atom. The fourth-order valence-electron chi connectivity index (χ4n) is 2.27. The van der Waals surface area contributed by atoms with Crippen molar-refractivity contribution in [1.29, 1.82) is 0 Å². The number of rotatable bonds is 8. The van der Waals surface area contributed by atoms with Crippen LogP contribution in [0.2, 0.25) is 0 Å². The van der Waals surface area contributed by atoms with E-state index in [0.29, 0.717) is 17.4 Å². The molecule has 26 heavy (non-hydrogen) atoms. The first-order chi connectivity index (χ1) is 12.3. The normalized spacial score (nSPS) is 12.0. The molecule has 0 aliphatic carbocycles. The molecule has 0 unspecified atom stereocenters. The second-order valence-electron chi connectivity index (χ2n) is 5.67. The number of aromatic nitrogens is 3. The van der Waals surface area contributed by atoms with Gasteiger partial charge in [0.15, 0.2) is 5.16 Å². The molecule has 0 saturated heterocycles. The Labute approximate surface area is 153 Å². The first-order valence-electron chi connectivity index (χ1n) is 7.81. The van der Waals surface area contributed by atoms with E-state index in [1.54, 1.807) is 18.5 Å². The molecule has 10 heteroatoms. The molecule has 1 aromatic heterocycles. The van der Waals surface area contributed by atoms with Crippen molar-refractivity contribution in [1.82, 2.24) is 20.1 Å². The van der Waals surface area contributed by atoms with E-state index in [2.05, 4.69) is 15.5 Å². The molecule has 0 aliphatic heterocycles. The zero-order chi connectivity index (χ0) is 19.3. The molecule has 3 N–H and O–H groups in total. The average Bonchev–Trinajstić information content (AvgIpc) is 2.91. The van der Waals surface area contributed by atoms with E-state index >= 15 is 0 Å². The van der Waals surface area contributed by atoms with Crippen molar-refractivity contribution < 1.29 is 18.4 Å². The number of nitrogens with two attached hydrogens (primary N) is 1. The van der Waals surface area contributed by atoms with E-state index < -0.39 is 23.6 Å². The Balaban J connectivity index is 1.89. The number of benzene rings is 1. The van der Waals surface area contributed by atoms with Gasteiger partial charge in [0.2, 0.25) is 11.8 Å². The van der Waals surface area contributed by atoms with Crippen LogP contribution in [0.1, 0.15) is 30.8 Å². The number of nitrogens with one attached hydrogen (secondary N) is 1. The fourth-order valence-corrected chi connectivity index (χ4v) is 3.01. The second-order valence-corrected chi connectivity index (χ2v) is 6.61. The third-order valence-electron chi connectivity index (χ3n) is 3.66. The van der Waals surface area contributed by atoms with Crippen LogP contribution in [0.15, 0.2) is 23.4 Å². The smallest absolute Gasteiger partial charge is 0.230 e. The molecule has 1 atom stereocenters. The maximum atomic E-state index is 13.7. The number of carbonyl (C=O) groups excluding carboxylic acids is 2. The summed E-state index contributed by atoms with van der Waals surface area (Å²) in [7, 11) is 1.73. The van der Waals surface area contributed by atoms with Crippen molar-refractivity contribution in [2.45, 2.75) is 31.0 Å². The number of carbonyl (C=O) groups is 2. The molecule has 2 amide bonds. The zero-order valence-electron chi connectivity index (χ0n) is 14.3. The van der Waals surface area contributed by atoms with Gasteiger partial charge < -0.3 is 15.6 Å². The van der Waals surface area contributed by atoms with Gasteiger partial charge in [-0.15, -0.1) is 10.2 Å². The topological polar surface area (TPSA) is 103 Å². The summed E-state index contributed by atoms with van der Waals surface area (Å²) in [6.07, 6.45) is 0.532. The van der Waals surface area contributed by atoms with Crippen LogP contribution >= 0.6 is 11.8 Å². The summed E-state index contributed by atoms with van der Waals surface area (Å²) in [6, 6.07) is 2.62. The second kappa shape index (κ2) is 8.75. The molecule has 0 spiro atoms. The lowest BCUT2D eigenvalue weighted by atomic mass is 10.1. The Morgan fingerprint density at radius 1 is 1.35 bits per heavy atom. The molecule has 2 rings (SSSR count). The van der Waals surface area contributed by atoms with E-state index in [1.165, 1.54) is 6.07 Å². The number of hydrogen-bond donors (Lipinski definition) is 2. The van der Waals surface area contributed by atoms with E-state index in [0.717, 1.165) is 23.9 Å². The molecule has 0 aliphatic rings. The van der Waals surface area contributed by atoms with Gasteiger partial charge in [-0.05, 0) is 13.0 Å². The lowest BCUT2D eigenvalue weighted by Crippen LogP contribution is -2.28. The predicted molar refractivity (Wildman–Crippen MR) is 92.2 cm³/mol. The third kappa shape index (κ3) is 5.25. The van der Waals surface area contributed by atoms with E-state index in [1.807, 2.05) is 0 Å². The number of halogens is 2. The summed E-state index contributed by atoms with van der Waals surface area (Å²) < 4.78 is 28.4. The van der Waals surface area contributed by atoms with Gasteiger partial charge in [0, 0.05) is 31.5 Å². The molecule has 2 aromatic rings. The quantitative estimate of drug-likeness (QED) is 0.672. The van der Waals surface area contributed by atoms with Crippen LogP contribution in [0.25, 0.3) is 0 Å². The molecular formula is C16H19F2N5O2S. The van der Waals surface area contributed by atoms with Crippen molar-refractivity contribution in [3.8, 4) is 0 Å². The molecular weight excluding hydrogens is 364 g/mol. The average molecular weight is 383 g/mol. The van der Waals surface area contributed by atoms with Crippen LogP contribution in [0.5, 0.6) is 0 Å². The molecule has 0 saturated carbocycles. The molecule has 0 fully saturated rings. The van der Waals surface area contributed by atoms with E-state index in [9.17, 15) is 18.4 Å². The molecule has 1 aromatic carbocycles. The maximum absolute atomic E-state index is 13.7. The van der Waals surface area contributed by atoms with Crippen LogP contribution in [-0.2, 0) is 23.1 Å². The largest absolute Gasteiger partial charge is 0.370 e. The highest BCUT2D eigenvalue weighted by molar-refractivity contribution is 7.99. The first-order valence-corrected chi connectivity index (χ1v) is 8.80. The minimum absolute atomic E-state index is 0.0505. The summed E-state index contributed by atoms with van der Waals surface area (Å²) in [6.45, 7) is 1.61. The molecule has 7 nitrogen and oxygen atoms in total. The van der Waals surface area contributed by atoms with Gasteiger partial charge in [-0.3, -0.25) is 9.59 Å².